The summed E-state index contributed by atoms with van der Waals surface area (Å²) in [6, 6.07) is 0.309. The van der Waals surface area contributed by atoms with E-state index >= 15 is 0 Å². The van der Waals surface area contributed by atoms with Crippen molar-refractivity contribution in [2.75, 3.05) is 6.54 Å². The van der Waals surface area contributed by atoms with E-state index in [1.807, 2.05) is 0 Å². The van der Waals surface area contributed by atoms with Crippen LogP contribution in [-0.4, -0.2) is 12.6 Å². The topological polar surface area (TPSA) is 52.0 Å². The predicted molar refractivity (Wildman–Crippen MR) is 54.9 cm³/mol. The Morgan fingerprint density at radius 3 is 2.08 bits per heavy atom. The van der Waals surface area contributed by atoms with Crippen molar-refractivity contribution in [3.8, 4) is 0 Å². The lowest BCUT2D eigenvalue weighted by Crippen LogP contribution is -2.33. The summed E-state index contributed by atoms with van der Waals surface area (Å²) < 4.78 is 0. The van der Waals surface area contributed by atoms with Gasteiger partial charge in [0.1, 0.15) is 0 Å². The third-order valence-corrected chi connectivity index (χ3v) is 2.14. The normalized spacial score (nSPS) is 15.2. The van der Waals surface area contributed by atoms with Crippen LogP contribution in [0.5, 0.6) is 0 Å². The molecule has 0 rings (SSSR count). The van der Waals surface area contributed by atoms with Crippen LogP contribution in [0.2, 0.25) is 0 Å². The lowest BCUT2D eigenvalue weighted by Gasteiger charge is -2.26. The molecule has 0 aliphatic carbocycles. The zero-order valence-electron chi connectivity index (χ0n) is 8.93. The monoisotopic (exact) mass is 172 g/mol. The lowest BCUT2D eigenvalue weighted by molar-refractivity contribution is 0.295. The van der Waals surface area contributed by atoms with Crippen LogP contribution in [0, 0.1) is 11.3 Å². The first-order chi connectivity index (χ1) is 5.37. The van der Waals surface area contributed by atoms with Crippen LogP contribution >= 0.6 is 0 Å². The average Bonchev–Trinajstić information content (AvgIpc) is 1.84. The van der Waals surface area contributed by atoms with Crippen LogP contribution in [0.1, 0.15) is 40.5 Å². The Hall–Kier alpha value is -0.0800. The van der Waals surface area contributed by atoms with Crippen molar-refractivity contribution in [3.63, 3.8) is 0 Å². The molecule has 0 aromatic carbocycles. The fraction of sp³-hybridized carbons (Fsp3) is 1.00. The van der Waals surface area contributed by atoms with Crippen LogP contribution in [0.4, 0.5) is 0 Å². The molecule has 4 N–H and O–H groups in total. The zero-order valence-corrected chi connectivity index (χ0v) is 8.93. The van der Waals surface area contributed by atoms with Gasteiger partial charge in [-0.1, -0.05) is 27.7 Å². The highest BCUT2D eigenvalue weighted by molar-refractivity contribution is 4.76. The third-order valence-electron chi connectivity index (χ3n) is 2.14. The van der Waals surface area contributed by atoms with Crippen molar-refractivity contribution >= 4 is 0 Å². The molecule has 0 saturated carbocycles. The molecule has 0 fully saturated rings. The highest BCUT2D eigenvalue weighted by Gasteiger charge is 2.19. The molecule has 0 radical (unpaired) electrons. The van der Waals surface area contributed by atoms with Gasteiger partial charge in [-0.3, -0.25) is 0 Å². The van der Waals surface area contributed by atoms with Gasteiger partial charge in [0, 0.05) is 6.04 Å². The summed E-state index contributed by atoms with van der Waals surface area (Å²) in [7, 11) is 0. The number of nitrogens with two attached hydrogens (primary N) is 2. The second-order valence-electron chi connectivity index (χ2n) is 4.96. The fourth-order valence-electron chi connectivity index (χ4n) is 1.48. The zero-order chi connectivity index (χ0) is 9.78. The minimum absolute atomic E-state index is 0.203. The standard InChI is InChI=1S/C10H24N2/c1-8(2)5-9(12)6-10(3,4)7-11/h8-9H,5-7,11-12H2,1-4H3. The Bertz CT molecular complexity index is 119. The molecule has 2 nitrogen and oxygen atoms in total. The minimum Gasteiger partial charge on any atom is -0.330 e. The van der Waals surface area contributed by atoms with Crippen molar-refractivity contribution in [1.29, 1.82) is 0 Å². The first-order valence-electron chi connectivity index (χ1n) is 4.83. The molecule has 74 valence electrons. The van der Waals surface area contributed by atoms with Crippen LogP contribution in [0.3, 0.4) is 0 Å². The van der Waals surface area contributed by atoms with Crippen LogP contribution < -0.4 is 11.5 Å². The fourth-order valence-corrected chi connectivity index (χ4v) is 1.48. The minimum atomic E-state index is 0.203. The van der Waals surface area contributed by atoms with Crippen molar-refractivity contribution < 1.29 is 0 Å². The van der Waals surface area contributed by atoms with Gasteiger partial charge in [0.05, 0.1) is 0 Å². The Balaban J connectivity index is 3.75. The summed E-state index contributed by atoms with van der Waals surface area (Å²) in [6.07, 6.45) is 2.13. The van der Waals surface area contributed by atoms with Crippen molar-refractivity contribution in [2.45, 2.75) is 46.6 Å². The number of rotatable bonds is 5. The van der Waals surface area contributed by atoms with Gasteiger partial charge < -0.3 is 11.5 Å². The molecule has 0 aliphatic rings. The second-order valence-corrected chi connectivity index (χ2v) is 4.96. The first kappa shape index (κ1) is 11.9. The molecule has 0 aromatic heterocycles. The van der Waals surface area contributed by atoms with Gasteiger partial charge in [0.2, 0.25) is 0 Å². The summed E-state index contributed by atoms with van der Waals surface area (Å²) in [5.41, 5.74) is 11.8. The summed E-state index contributed by atoms with van der Waals surface area (Å²) in [4.78, 5) is 0. The van der Waals surface area contributed by atoms with Gasteiger partial charge in [-0.2, -0.15) is 0 Å². The van der Waals surface area contributed by atoms with E-state index < -0.39 is 0 Å². The maximum absolute atomic E-state index is 5.98. The molecule has 0 amide bonds. The highest BCUT2D eigenvalue weighted by Crippen LogP contribution is 2.22. The Labute approximate surface area is 76.7 Å². The maximum atomic E-state index is 5.98. The molecule has 0 heterocycles. The summed E-state index contributed by atoms with van der Waals surface area (Å²) >= 11 is 0. The average molecular weight is 172 g/mol. The first-order valence-corrected chi connectivity index (χ1v) is 4.83. The molecule has 1 atom stereocenters. The Morgan fingerprint density at radius 2 is 1.75 bits per heavy atom. The largest absolute Gasteiger partial charge is 0.330 e. The number of hydrogen-bond donors (Lipinski definition) is 2. The van der Waals surface area contributed by atoms with E-state index in [0.717, 1.165) is 19.4 Å². The second kappa shape index (κ2) is 4.83. The molecule has 0 bridgehead atoms. The molecule has 0 saturated heterocycles. The van der Waals surface area contributed by atoms with E-state index in [1.54, 1.807) is 0 Å². The quantitative estimate of drug-likeness (QED) is 0.663. The highest BCUT2D eigenvalue weighted by atomic mass is 14.7. The molecule has 0 spiro atoms. The van der Waals surface area contributed by atoms with E-state index in [9.17, 15) is 0 Å². The third kappa shape index (κ3) is 5.56. The van der Waals surface area contributed by atoms with Crippen molar-refractivity contribution in [2.24, 2.45) is 22.8 Å². The smallest absolute Gasteiger partial charge is 0.00468 e. The van der Waals surface area contributed by atoms with Crippen LogP contribution in [0.15, 0.2) is 0 Å². The van der Waals surface area contributed by atoms with E-state index in [2.05, 4.69) is 27.7 Å². The summed E-state index contributed by atoms with van der Waals surface area (Å²) in [6.45, 7) is 9.48. The molecule has 0 aliphatic heterocycles. The number of hydrogen-bond acceptors (Lipinski definition) is 2. The molecular weight excluding hydrogens is 148 g/mol. The van der Waals surface area contributed by atoms with Crippen LogP contribution in [-0.2, 0) is 0 Å². The predicted octanol–water partition coefficient (Wildman–Crippen LogP) is 1.73. The Kier molecular flexibility index (Phi) is 4.80. The van der Waals surface area contributed by atoms with E-state index in [4.69, 9.17) is 11.5 Å². The van der Waals surface area contributed by atoms with Crippen LogP contribution in [0.25, 0.3) is 0 Å². The van der Waals surface area contributed by atoms with Crippen molar-refractivity contribution in [1.82, 2.24) is 0 Å². The Morgan fingerprint density at radius 1 is 1.25 bits per heavy atom. The van der Waals surface area contributed by atoms with E-state index in [1.165, 1.54) is 0 Å². The maximum Gasteiger partial charge on any atom is 0.00468 e. The van der Waals surface area contributed by atoms with E-state index in [0.29, 0.717) is 12.0 Å². The van der Waals surface area contributed by atoms with Gasteiger partial charge in [0.15, 0.2) is 0 Å². The summed E-state index contributed by atoms with van der Waals surface area (Å²) in [5.74, 6) is 0.688. The van der Waals surface area contributed by atoms with Gasteiger partial charge >= 0.3 is 0 Å². The van der Waals surface area contributed by atoms with Gasteiger partial charge in [-0.05, 0) is 30.7 Å². The molecule has 12 heavy (non-hydrogen) atoms. The SMILES string of the molecule is CC(C)CC(N)CC(C)(C)CN. The van der Waals surface area contributed by atoms with E-state index in [-0.39, 0.29) is 5.41 Å². The van der Waals surface area contributed by atoms with Gasteiger partial charge in [0.25, 0.3) is 0 Å². The van der Waals surface area contributed by atoms with Crippen molar-refractivity contribution in [3.05, 3.63) is 0 Å². The summed E-state index contributed by atoms with van der Waals surface area (Å²) in [5, 5.41) is 0. The molecule has 0 aromatic rings. The molecule has 2 heteroatoms. The van der Waals surface area contributed by atoms with Gasteiger partial charge in [-0.15, -0.1) is 0 Å². The molecular formula is C10H24N2. The molecule has 1 unspecified atom stereocenters. The lowest BCUT2D eigenvalue weighted by atomic mass is 9.84. The van der Waals surface area contributed by atoms with Gasteiger partial charge in [-0.25, -0.2) is 0 Å².